The first-order chi connectivity index (χ1) is 10.7. The zero-order chi connectivity index (χ0) is 15.8. The van der Waals surface area contributed by atoms with Gasteiger partial charge in [0.15, 0.2) is 0 Å². The third kappa shape index (κ3) is 5.25. The third-order valence-electron chi connectivity index (χ3n) is 3.40. The molecule has 0 spiro atoms. The van der Waals surface area contributed by atoms with Crippen molar-refractivity contribution < 1.29 is 19.1 Å². The van der Waals surface area contributed by atoms with Gasteiger partial charge in [-0.1, -0.05) is 40.1 Å². The number of methoxy groups -OCH3 is 1. The Morgan fingerprint density at radius 3 is 2.82 bits per heavy atom. The van der Waals surface area contributed by atoms with Crippen molar-refractivity contribution in [1.82, 2.24) is 0 Å². The molecule has 120 valence electrons. The van der Waals surface area contributed by atoms with E-state index in [1.165, 1.54) is 19.3 Å². The van der Waals surface area contributed by atoms with Gasteiger partial charge in [-0.2, -0.15) is 0 Å². The Bertz CT molecular complexity index is 513. The molecule has 0 radical (unpaired) electrons. The van der Waals surface area contributed by atoms with Crippen LogP contribution in [-0.2, 0) is 9.53 Å². The average molecular weight is 340 g/mol. The van der Waals surface area contributed by atoms with Crippen molar-refractivity contribution in [2.75, 3.05) is 12.9 Å². The van der Waals surface area contributed by atoms with E-state index in [0.29, 0.717) is 6.42 Å². The number of hydrogen-bond acceptors (Lipinski definition) is 6. The maximum Gasteiger partial charge on any atom is 0.341 e. The van der Waals surface area contributed by atoms with Crippen molar-refractivity contribution in [3.63, 3.8) is 0 Å². The smallest absolute Gasteiger partial charge is 0.341 e. The lowest BCUT2D eigenvalue weighted by Crippen LogP contribution is -2.12. The van der Waals surface area contributed by atoms with E-state index in [0.717, 1.165) is 24.5 Å². The monoisotopic (exact) mass is 340 g/mol. The van der Waals surface area contributed by atoms with Gasteiger partial charge in [-0.3, -0.25) is 4.79 Å². The Hall–Kier alpha value is -1.14. The summed E-state index contributed by atoms with van der Waals surface area (Å²) >= 11 is 0. The Kier molecular flexibility index (Phi) is 7.12. The summed E-state index contributed by atoms with van der Waals surface area (Å²) in [5, 5.41) is 0.737. The van der Waals surface area contributed by atoms with E-state index in [2.05, 4.69) is 4.74 Å². The molecule has 0 saturated carbocycles. The molecule has 0 N–H and O–H groups in total. The van der Waals surface area contributed by atoms with E-state index in [9.17, 15) is 9.59 Å². The summed E-state index contributed by atoms with van der Waals surface area (Å²) in [7, 11) is 5.20. The minimum Gasteiger partial charge on any atom is -0.465 e. The lowest BCUT2D eigenvalue weighted by atomic mass is 10.1. The molecule has 22 heavy (non-hydrogen) atoms. The van der Waals surface area contributed by atoms with Gasteiger partial charge in [-0.05, 0) is 31.4 Å². The number of ether oxygens (including phenoxy) is 2. The zero-order valence-electron chi connectivity index (χ0n) is 12.6. The second kappa shape index (κ2) is 9.10. The average Bonchev–Trinajstić information content (AvgIpc) is 3.05. The molecule has 1 aromatic rings. The van der Waals surface area contributed by atoms with E-state index < -0.39 is 5.97 Å². The quantitative estimate of drug-likeness (QED) is 0.322. The van der Waals surface area contributed by atoms with Gasteiger partial charge in [0, 0.05) is 17.4 Å². The largest absolute Gasteiger partial charge is 0.465 e. The van der Waals surface area contributed by atoms with Gasteiger partial charge >= 0.3 is 11.9 Å². The molecule has 0 aliphatic carbocycles. The van der Waals surface area contributed by atoms with Crippen molar-refractivity contribution in [3.05, 3.63) is 29.8 Å². The van der Waals surface area contributed by atoms with E-state index >= 15 is 0 Å². The van der Waals surface area contributed by atoms with E-state index in [4.69, 9.17) is 4.74 Å². The first-order valence-corrected chi connectivity index (χ1v) is 9.75. The lowest BCUT2D eigenvalue weighted by molar-refractivity contribution is -0.134. The molecule has 0 amide bonds. The highest BCUT2D eigenvalue weighted by Gasteiger charge is 2.17. The lowest BCUT2D eigenvalue weighted by Gasteiger charge is -2.09. The fraction of sp³-hybridized carbons (Fsp3) is 0.500. The van der Waals surface area contributed by atoms with Crippen molar-refractivity contribution in [3.8, 4) is 5.75 Å². The number of para-hydroxylation sites is 1. The van der Waals surface area contributed by atoms with Crippen LogP contribution in [0.4, 0.5) is 0 Å². The maximum absolute atomic E-state index is 11.9. The highest BCUT2D eigenvalue weighted by Crippen LogP contribution is 2.39. The van der Waals surface area contributed by atoms with Gasteiger partial charge in [0.1, 0.15) is 11.3 Å². The molecule has 6 heteroatoms. The van der Waals surface area contributed by atoms with Gasteiger partial charge in [0.2, 0.25) is 0 Å². The molecule has 1 aliphatic rings. The third-order valence-corrected chi connectivity index (χ3v) is 6.41. The highest BCUT2D eigenvalue weighted by atomic mass is 33.1. The molecule has 4 nitrogen and oxygen atoms in total. The summed E-state index contributed by atoms with van der Waals surface area (Å²) in [6.07, 6.45) is 4.66. The number of esters is 2. The molecule has 1 saturated heterocycles. The number of rotatable bonds is 7. The summed E-state index contributed by atoms with van der Waals surface area (Å²) in [6, 6.07) is 6.63. The number of hydrogen-bond donors (Lipinski definition) is 0. The second-order valence-corrected chi connectivity index (χ2v) is 7.82. The van der Waals surface area contributed by atoms with Gasteiger partial charge < -0.3 is 9.47 Å². The van der Waals surface area contributed by atoms with Crippen molar-refractivity contribution in [2.24, 2.45) is 0 Å². The predicted octanol–water partition coefficient (Wildman–Crippen LogP) is 4.09. The standard InChI is InChI=1S/C16H20O4S2/c1-19-16(18)13-7-3-4-8-14(13)20-15(17)9-5-2-6-12-10-11-21-22-12/h3-4,7-8,12H,2,5-6,9-11H2,1H3. The summed E-state index contributed by atoms with van der Waals surface area (Å²) in [5.41, 5.74) is 0.276. The number of unbranched alkanes of at least 4 members (excludes halogenated alkanes) is 1. The van der Waals surface area contributed by atoms with E-state index in [-0.39, 0.29) is 17.3 Å². The molecular formula is C16H20O4S2. The molecule has 1 heterocycles. The molecular weight excluding hydrogens is 320 g/mol. The fourth-order valence-corrected chi connectivity index (χ4v) is 5.24. The highest BCUT2D eigenvalue weighted by molar-refractivity contribution is 8.77. The van der Waals surface area contributed by atoms with Crippen LogP contribution in [-0.4, -0.2) is 30.1 Å². The van der Waals surface area contributed by atoms with Crippen molar-refractivity contribution in [2.45, 2.75) is 37.4 Å². The van der Waals surface area contributed by atoms with Gasteiger partial charge in [0.25, 0.3) is 0 Å². The molecule has 1 aliphatic heterocycles. The second-order valence-electron chi connectivity index (χ2n) is 5.04. The van der Waals surface area contributed by atoms with Crippen LogP contribution in [0.25, 0.3) is 0 Å². The zero-order valence-corrected chi connectivity index (χ0v) is 14.2. The Morgan fingerprint density at radius 1 is 1.27 bits per heavy atom. The molecule has 1 unspecified atom stereocenters. The van der Waals surface area contributed by atoms with Crippen molar-refractivity contribution >= 4 is 33.5 Å². The Labute approximate surface area is 138 Å². The van der Waals surface area contributed by atoms with Crippen LogP contribution in [0.1, 0.15) is 42.5 Å². The fourth-order valence-electron chi connectivity index (χ4n) is 2.21. The van der Waals surface area contributed by atoms with E-state index in [1.807, 2.05) is 21.6 Å². The molecule has 0 aromatic heterocycles. The molecule has 1 aromatic carbocycles. The SMILES string of the molecule is COC(=O)c1ccccc1OC(=O)CCCCC1CCSS1. The minimum atomic E-state index is -0.501. The van der Waals surface area contributed by atoms with Crippen LogP contribution < -0.4 is 4.74 Å². The predicted molar refractivity (Wildman–Crippen MR) is 90.3 cm³/mol. The molecule has 2 rings (SSSR count). The minimum absolute atomic E-state index is 0.266. The first-order valence-electron chi connectivity index (χ1n) is 7.37. The van der Waals surface area contributed by atoms with Gasteiger partial charge in [-0.15, -0.1) is 0 Å². The summed E-state index contributed by atoms with van der Waals surface area (Å²) in [6.45, 7) is 0. The van der Waals surface area contributed by atoms with Crippen LogP contribution in [0, 0.1) is 0 Å². The number of carbonyl (C=O) groups is 2. The van der Waals surface area contributed by atoms with Crippen molar-refractivity contribution in [1.29, 1.82) is 0 Å². The number of carbonyl (C=O) groups excluding carboxylic acids is 2. The Balaban J connectivity index is 1.75. The normalized spacial score (nSPS) is 17.2. The van der Waals surface area contributed by atoms with Crippen LogP contribution in [0.2, 0.25) is 0 Å². The first kappa shape index (κ1) is 17.2. The van der Waals surface area contributed by atoms with Crippen LogP contribution in [0.3, 0.4) is 0 Å². The number of benzene rings is 1. The topological polar surface area (TPSA) is 52.6 Å². The summed E-state index contributed by atoms with van der Waals surface area (Å²) in [5.74, 6) is 0.702. The molecule has 1 atom stereocenters. The summed E-state index contributed by atoms with van der Waals surface area (Å²) in [4.78, 5) is 23.5. The Morgan fingerprint density at radius 2 is 2.09 bits per heavy atom. The van der Waals surface area contributed by atoms with E-state index in [1.54, 1.807) is 24.3 Å². The van der Waals surface area contributed by atoms with Crippen LogP contribution in [0.5, 0.6) is 5.75 Å². The molecule has 0 bridgehead atoms. The maximum atomic E-state index is 11.9. The van der Waals surface area contributed by atoms with Crippen LogP contribution in [0.15, 0.2) is 24.3 Å². The molecule has 1 fully saturated rings. The summed E-state index contributed by atoms with van der Waals surface area (Å²) < 4.78 is 9.97. The van der Waals surface area contributed by atoms with Gasteiger partial charge in [0.05, 0.1) is 7.11 Å². The van der Waals surface area contributed by atoms with Crippen LogP contribution >= 0.6 is 21.6 Å². The van der Waals surface area contributed by atoms with Gasteiger partial charge in [-0.25, -0.2) is 4.79 Å².